The Labute approximate surface area is 161 Å². The number of aromatic nitrogens is 1. The number of amides is 1. The Morgan fingerprint density at radius 1 is 1.11 bits per heavy atom. The molecule has 0 aliphatic carbocycles. The van der Waals surface area contributed by atoms with Gasteiger partial charge >= 0.3 is 5.97 Å². The number of carbonyl (C=O) groups excluding carboxylic acids is 2. The number of ether oxygens (including phenoxy) is 1. The lowest BCUT2D eigenvalue weighted by Crippen LogP contribution is -2.17. The highest BCUT2D eigenvalue weighted by Crippen LogP contribution is 2.23. The zero-order valence-corrected chi connectivity index (χ0v) is 16.7. The molecule has 0 N–H and O–H groups in total. The van der Waals surface area contributed by atoms with Gasteiger partial charge in [0.05, 0.1) is 22.9 Å². The maximum atomic E-state index is 12.7. The normalized spacial score (nSPS) is 11.8. The van der Waals surface area contributed by atoms with E-state index in [9.17, 15) is 9.59 Å². The van der Waals surface area contributed by atoms with Crippen LogP contribution in [0.4, 0.5) is 0 Å². The largest absolute Gasteiger partial charge is 0.465 e. The molecule has 0 aliphatic rings. The van der Waals surface area contributed by atoms with Crippen molar-refractivity contribution < 1.29 is 14.3 Å². The molecule has 0 bridgehead atoms. The zero-order valence-electron chi connectivity index (χ0n) is 15.9. The number of hydrogen-bond donors (Lipinski definition) is 0. The second kappa shape index (κ2) is 7.88. The van der Waals surface area contributed by atoms with Crippen molar-refractivity contribution in [1.82, 2.24) is 4.57 Å². The SMILES string of the molecule is CCCn1c(=NC(=O)c2ccc(C(=O)OC)cc2)sc2c(C)cc(C)cc21. The minimum absolute atomic E-state index is 0.322. The summed E-state index contributed by atoms with van der Waals surface area (Å²) in [4.78, 5) is 29.3. The number of esters is 1. The molecule has 6 heteroatoms. The van der Waals surface area contributed by atoms with Crippen LogP contribution in [0.5, 0.6) is 0 Å². The molecule has 0 spiro atoms. The first-order chi connectivity index (χ1) is 12.9. The highest BCUT2D eigenvalue weighted by atomic mass is 32.1. The molecule has 0 unspecified atom stereocenters. The first-order valence-corrected chi connectivity index (χ1v) is 9.64. The van der Waals surface area contributed by atoms with Crippen molar-refractivity contribution in [3.05, 3.63) is 63.5 Å². The standard InChI is InChI=1S/C21H22N2O3S/c1-5-10-23-17-12-13(2)11-14(3)18(17)27-21(23)22-19(24)15-6-8-16(9-7-15)20(25)26-4/h6-9,11-12H,5,10H2,1-4H3. The van der Waals surface area contributed by atoms with Gasteiger partial charge in [-0.1, -0.05) is 24.3 Å². The highest BCUT2D eigenvalue weighted by molar-refractivity contribution is 7.16. The summed E-state index contributed by atoms with van der Waals surface area (Å²) >= 11 is 1.54. The van der Waals surface area contributed by atoms with E-state index >= 15 is 0 Å². The summed E-state index contributed by atoms with van der Waals surface area (Å²) in [5.41, 5.74) is 4.35. The molecule has 27 heavy (non-hydrogen) atoms. The van der Waals surface area contributed by atoms with Gasteiger partial charge in [0.1, 0.15) is 0 Å². The van der Waals surface area contributed by atoms with Crippen molar-refractivity contribution in [2.75, 3.05) is 7.11 Å². The van der Waals surface area contributed by atoms with Crippen LogP contribution >= 0.6 is 11.3 Å². The van der Waals surface area contributed by atoms with Crippen molar-refractivity contribution in [1.29, 1.82) is 0 Å². The Morgan fingerprint density at radius 3 is 2.41 bits per heavy atom. The van der Waals surface area contributed by atoms with E-state index in [2.05, 4.69) is 47.2 Å². The minimum atomic E-state index is -0.429. The van der Waals surface area contributed by atoms with E-state index in [0.29, 0.717) is 15.9 Å². The van der Waals surface area contributed by atoms with Crippen LogP contribution in [0, 0.1) is 13.8 Å². The van der Waals surface area contributed by atoms with E-state index in [1.54, 1.807) is 24.3 Å². The maximum Gasteiger partial charge on any atom is 0.337 e. The van der Waals surface area contributed by atoms with Crippen molar-refractivity contribution in [2.45, 2.75) is 33.7 Å². The molecule has 0 saturated heterocycles. The summed E-state index contributed by atoms with van der Waals surface area (Å²) in [7, 11) is 1.33. The molecule has 0 saturated carbocycles. The average Bonchev–Trinajstić information content (AvgIpc) is 2.99. The number of fused-ring (bicyclic) bond motifs is 1. The Hall–Kier alpha value is -2.73. The van der Waals surface area contributed by atoms with Crippen LogP contribution in [0.15, 0.2) is 41.4 Å². The Morgan fingerprint density at radius 2 is 1.78 bits per heavy atom. The summed E-state index contributed by atoms with van der Waals surface area (Å²) in [6, 6.07) is 10.6. The maximum absolute atomic E-state index is 12.7. The molecule has 0 radical (unpaired) electrons. The predicted octanol–water partition coefficient (Wildman–Crippen LogP) is 4.26. The summed E-state index contributed by atoms with van der Waals surface area (Å²) in [5, 5.41) is 0. The van der Waals surface area contributed by atoms with E-state index in [0.717, 1.165) is 23.2 Å². The molecule has 2 aromatic carbocycles. The first-order valence-electron chi connectivity index (χ1n) is 8.82. The van der Waals surface area contributed by atoms with Crippen molar-refractivity contribution in [3.8, 4) is 0 Å². The monoisotopic (exact) mass is 382 g/mol. The molecule has 1 heterocycles. The number of thiazole rings is 1. The lowest BCUT2D eigenvalue weighted by atomic mass is 10.1. The number of methoxy groups -OCH3 is 1. The smallest absolute Gasteiger partial charge is 0.337 e. The van der Waals surface area contributed by atoms with Gasteiger partial charge in [-0.25, -0.2) is 4.79 Å². The molecule has 0 fully saturated rings. The fraction of sp³-hybridized carbons (Fsp3) is 0.286. The van der Waals surface area contributed by atoms with Crippen LogP contribution in [-0.4, -0.2) is 23.6 Å². The molecule has 0 atom stereocenters. The van der Waals surface area contributed by atoms with Crippen LogP contribution < -0.4 is 4.80 Å². The molecule has 1 amide bonds. The van der Waals surface area contributed by atoms with E-state index < -0.39 is 5.97 Å². The lowest BCUT2D eigenvalue weighted by Gasteiger charge is -2.05. The van der Waals surface area contributed by atoms with E-state index in [1.807, 2.05) is 0 Å². The van der Waals surface area contributed by atoms with Crippen molar-refractivity contribution in [3.63, 3.8) is 0 Å². The number of rotatable bonds is 4. The van der Waals surface area contributed by atoms with Gasteiger partial charge in [-0.3, -0.25) is 4.79 Å². The molecular formula is C21H22N2O3S. The molecule has 0 aliphatic heterocycles. The van der Waals surface area contributed by atoms with Crippen LogP contribution in [0.3, 0.4) is 0 Å². The molecule has 3 aromatic rings. The second-order valence-electron chi connectivity index (χ2n) is 6.45. The van der Waals surface area contributed by atoms with Crippen LogP contribution in [-0.2, 0) is 11.3 Å². The molecule has 5 nitrogen and oxygen atoms in total. The molecular weight excluding hydrogens is 360 g/mol. The molecule has 3 rings (SSSR count). The van der Waals surface area contributed by atoms with E-state index in [4.69, 9.17) is 0 Å². The van der Waals surface area contributed by atoms with Gasteiger partial charge in [-0.2, -0.15) is 4.99 Å². The fourth-order valence-electron chi connectivity index (χ4n) is 3.06. The van der Waals surface area contributed by atoms with Crippen LogP contribution in [0.25, 0.3) is 10.2 Å². The number of nitrogens with zero attached hydrogens (tertiary/aromatic N) is 2. The van der Waals surface area contributed by atoms with Gasteiger partial charge in [-0.05, 0) is 61.7 Å². The third-order valence-corrected chi connectivity index (χ3v) is 5.54. The van der Waals surface area contributed by atoms with Gasteiger partial charge in [0.25, 0.3) is 5.91 Å². The predicted molar refractivity (Wildman–Crippen MR) is 107 cm³/mol. The quantitative estimate of drug-likeness (QED) is 0.634. The summed E-state index contributed by atoms with van der Waals surface area (Å²) in [6.45, 7) is 7.07. The van der Waals surface area contributed by atoms with Crippen molar-refractivity contribution in [2.24, 2.45) is 4.99 Å². The number of carbonyl (C=O) groups is 2. The summed E-state index contributed by atoms with van der Waals surface area (Å²) < 4.78 is 7.95. The number of benzene rings is 2. The third kappa shape index (κ3) is 3.85. The van der Waals surface area contributed by atoms with Gasteiger partial charge in [0, 0.05) is 12.1 Å². The van der Waals surface area contributed by atoms with Gasteiger partial charge in [0.15, 0.2) is 4.80 Å². The molecule has 140 valence electrons. The van der Waals surface area contributed by atoms with Gasteiger partial charge < -0.3 is 9.30 Å². The minimum Gasteiger partial charge on any atom is -0.465 e. The summed E-state index contributed by atoms with van der Waals surface area (Å²) in [5.74, 6) is -0.751. The van der Waals surface area contributed by atoms with Gasteiger partial charge in [-0.15, -0.1) is 0 Å². The fourth-order valence-corrected chi connectivity index (χ4v) is 4.16. The first kappa shape index (κ1) is 19.0. The number of hydrogen-bond acceptors (Lipinski definition) is 4. The van der Waals surface area contributed by atoms with Crippen molar-refractivity contribution >= 4 is 33.4 Å². The van der Waals surface area contributed by atoms with E-state index in [-0.39, 0.29) is 5.91 Å². The zero-order chi connectivity index (χ0) is 19.6. The second-order valence-corrected chi connectivity index (χ2v) is 7.43. The Balaban J connectivity index is 2.06. The lowest BCUT2D eigenvalue weighted by molar-refractivity contribution is 0.0600. The molecule has 1 aromatic heterocycles. The van der Waals surface area contributed by atoms with Crippen LogP contribution in [0.1, 0.15) is 45.2 Å². The van der Waals surface area contributed by atoms with Crippen LogP contribution in [0.2, 0.25) is 0 Å². The van der Waals surface area contributed by atoms with E-state index in [1.165, 1.54) is 29.6 Å². The number of aryl methyl sites for hydroxylation is 3. The third-order valence-electron chi connectivity index (χ3n) is 4.31. The van der Waals surface area contributed by atoms with Gasteiger partial charge in [0.2, 0.25) is 0 Å². The average molecular weight is 382 g/mol. The Bertz CT molecular complexity index is 1080. The highest BCUT2D eigenvalue weighted by Gasteiger charge is 2.12. The Kier molecular flexibility index (Phi) is 5.56. The topological polar surface area (TPSA) is 60.7 Å². The summed E-state index contributed by atoms with van der Waals surface area (Å²) in [6.07, 6.45) is 0.952.